The fourth-order valence-corrected chi connectivity index (χ4v) is 2.31. The van der Waals surface area contributed by atoms with E-state index in [9.17, 15) is 0 Å². The highest BCUT2D eigenvalue weighted by Crippen LogP contribution is 2.26. The molecular formula is C17H13N3O. The summed E-state index contributed by atoms with van der Waals surface area (Å²) in [7, 11) is 0. The van der Waals surface area contributed by atoms with E-state index < -0.39 is 0 Å². The predicted octanol–water partition coefficient (Wildman–Crippen LogP) is 4.19. The number of aromatic amines is 1. The number of nitrogens with one attached hydrogen (secondary N) is 1. The van der Waals surface area contributed by atoms with Gasteiger partial charge in [0.1, 0.15) is 5.69 Å². The van der Waals surface area contributed by atoms with Crippen LogP contribution in [0, 0.1) is 6.92 Å². The van der Waals surface area contributed by atoms with E-state index in [2.05, 4.69) is 34.2 Å². The van der Waals surface area contributed by atoms with Gasteiger partial charge in [-0.1, -0.05) is 47.1 Å². The summed E-state index contributed by atoms with van der Waals surface area (Å²) in [6, 6.07) is 18.0. The van der Waals surface area contributed by atoms with Crippen LogP contribution in [0.25, 0.3) is 33.9 Å². The number of aryl methyl sites for hydroxylation is 1. The zero-order chi connectivity index (χ0) is 14.2. The first-order valence-electron chi connectivity index (χ1n) is 6.78. The predicted molar refractivity (Wildman–Crippen MR) is 81.8 cm³/mol. The van der Waals surface area contributed by atoms with Gasteiger partial charge in [0, 0.05) is 11.6 Å². The van der Waals surface area contributed by atoms with E-state index in [-0.39, 0.29) is 0 Å². The van der Waals surface area contributed by atoms with Crippen LogP contribution in [0.15, 0.2) is 59.1 Å². The highest BCUT2D eigenvalue weighted by molar-refractivity contribution is 5.79. The maximum Gasteiger partial charge on any atom is 0.167 e. The second-order valence-corrected chi connectivity index (χ2v) is 5.04. The molecule has 0 aliphatic rings. The van der Waals surface area contributed by atoms with Crippen LogP contribution in [-0.2, 0) is 0 Å². The van der Waals surface area contributed by atoms with Gasteiger partial charge in [0.15, 0.2) is 11.6 Å². The molecule has 0 unspecified atom stereocenters. The lowest BCUT2D eigenvalue weighted by atomic mass is 10.1. The van der Waals surface area contributed by atoms with Gasteiger partial charge in [0.05, 0.1) is 11.0 Å². The van der Waals surface area contributed by atoms with Gasteiger partial charge in [-0.05, 0) is 19.1 Å². The first kappa shape index (κ1) is 11.9. The van der Waals surface area contributed by atoms with Gasteiger partial charge < -0.3 is 9.51 Å². The number of H-pyrrole nitrogens is 1. The molecule has 4 rings (SSSR count). The summed E-state index contributed by atoms with van der Waals surface area (Å²) in [5.41, 5.74) is 4.85. The van der Waals surface area contributed by atoms with E-state index in [0.29, 0.717) is 5.69 Å². The molecule has 0 saturated heterocycles. The van der Waals surface area contributed by atoms with Crippen LogP contribution in [0.2, 0.25) is 0 Å². The molecule has 102 valence electrons. The number of rotatable bonds is 2. The number of nitrogens with zero attached hydrogens (tertiary/aromatic N) is 2. The maximum absolute atomic E-state index is 5.43. The van der Waals surface area contributed by atoms with Crippen molar-refractivity contribution in [1.82, 2.24) is 15.1 Å². The van der Waals surface area contributed by atoms with Crippen LogP contribution in [-0.4, -0.2) is 15.1 Å². The molecule has 4 nitrogen and oxygen atoms in total. The van der Waals surface area contributed by atoms with Crippen molar-refractivity contribution in [2.75, 3.05) is 0 Å². The molecule has 2 aromatic heterocycles. The van der Waals surface area contributed by atoms with Gasteiger partial charge in [0.25, 0.3) is 0 Å². The Kier molecular flexibility index (Phi) is 2.60. The summed E-state index contributed by atoms with van der Waals surface area (Å²) in [4.78, 5) is 7.78. The van der Waals surface area contributed by atoms with Crippen molar-refractivity contribution in [1.29, 1.82) is 0 Å². The summed E-state index contributed by atoms with van der Waals surface area (Å²) < 4.78 is 5.43. The Bertz CT molecular complexity index is 870. The molecule has 0 saturated carbocycles. The average Bonchev–Trinajstić information content (AvgIpc) is 3.14. The van der Waals surface area contributed by atoms with E-state index in [1.807, 2.05) is 42.5 Å². The minimum Gasteiger partial charge on any atom is -0.356 e. The van der Waals surface area contributed by atoms with E-state index >= 15 is 0 Å². The van der Waals surface area contributed by atoms with E-state index in [1.165, 1.54) is 5.56 Å². The van der Waals surface area contributed by atoms with Crippen molar-refractivity contribution in [3.63, 3.8) is 0 Å². The van der Waals surface area contributed by atoms with Crippen LogP contribution in [0.4, 0.5) is 0 Å². The highest BCUT2D eigenvalue weighted by Gasteiger charge is 2.11. The van der Waals surface area contributed by atoms with Crippen LogP contribution < -0.4 is 0 Å². The topological polar surface area (TPSA) is 54.7 Å². The molecule has 0 spiro atoms. The van der Waals surface area contributed by atoms with Crippen molar-refractivity contribution in [3.05, 3.63) is 60.2 Å². The smallest absolute Gasteiger partial charge is 0.167 e. The third kappa shape index (κ3) is 2.10. The quantitative estimate of drug-likeness (QED) is 0.596. The fraction of sp³-hybridized carbons (Fsp3) is 0.0588. The fourth-order valence-electron chi connectivity index (χ4n) is 2.31. The van der Waals surface area contributed by atoms with Crippen molar-refractivity contribution in [3.8, 4) is 22.8 Å². The van der Waals surface area contributed by atoms with Crippen molar-refractivity contribution < 1.29 is 4.52 Å². The standard InChI is InChI=1S/C17H13N3O/c1-11-6-8-12(9-7-11)16-10-15(20-21-16)17-18-13-4-2-3-5-14(13)19-17/h2-10H,1H3,(H,18,19). The normalized spacial score (nSPS) is 11.1. The molecule has 2 heterocycles. The molecule has 0 amide bonds. The van der Waals surface area contributed by atoms with Crippen LogP contribution in [0.3, 0.4) is 0 Å². The van der Waals surface area contributed by atoms with Gasteiger partial charge in [-0.3, -0.25) is 0 Å². The molecule has 2 aromatic carbocycles. The lowest BCUT2D eigenvalue weighted by molar-refractivity contribution is 0.434. The monoisotopic (exact) mass is 275 g/mol. The highest BCUT2D eigenvalue weighted by atomic mass is 16.5. The lowest BCUT2D eigenvalue weighted by Gasteiger charge is -1.95. The van der Waals surface area contributed by atoms with Crippen molar-refractivity contribution in [2.24, 2.45) is 0 Å². The molecule has 0 bridgehead atoms. The number of fused-ring (bicyclic) bond motifs is 1. The molecule has 0 radical (unpaired) electrons. The van der Waals surface area contributed by atoms with Gasteiger partial charge >= 0.3 is 0 Å². The van der Waals surface area contributed by atoms with Crippen LogP contribution >= 0.6 is 0 Å². The van der Waals surface area contributed by atoms with E-state index in [4.69, 9.17) is 4.52 Å². The summed E-state index contributed by atoms with van der Waals surface area (Å²) in [5.74, 6) is 1.46. The van der Waals surface area contributed by atoms with E-state index in [1.54, 1.807) is 0 Å². The van der Waals surface area contributed by atoms with Gasteiger partial charge in [0.2, 0.25) is 0 Å². The second-order valence-electron chi connectivity index (χ2n) is 5.04. The SMILES string of the molecule is Cc1ccc(-c2cc(-c3nc4ccccc4[nH]3)no2)cc1. The Labute approximate surface area is 121 Å². The minimum atomic E-state index is 0.710. The zero-order valence-electron chi connectivity index (χ0n) is 11.5. The molecule has 21 heavy (non-hydrogen) atoms. The first-order valence-corrected chi connectivity index (χ1v) is 6.78. The lowest BCUT2D eigenvalue weighted by Crippen LogP contribution is -1.78. The summed E-state index contributed by atoms with van der Waals surface area (Å²) in [6.07, 6.45) is 0. The number of hydrogen-bond donors (Lipinski definition) is 1. The number of aromatic nitrogens is 3. The Hall–Kier alpha value is -2.88. The summed E-state index contributed by atoms with van der Waals surface area (Å²) in [5, 5.41) is 4.11. The largest absolute Gasteiger partial charge is 0.356 e. The number of benzene rings is 2. The Morgan fingerprint density at radius 2 is 1.81 bits per heavy atom. The van der Waals surface area contributed by atoms with Gasteiger partial charge in [-0.2, -0.15) is 0 Å². The molecule has 4 aromatic rings. The maximum atomic E-state index is 5.43. The van der Waals surface area contributed by atoms with Crippen molar-refractivity contribution in [2.45, 2.75) is 6.92 Å². The third-order valence-electron chi connectivity index (χ3n) is 3.48. The first-order chi connectivity index (χ1) is 10.3. The molecule has 0 atom stereocenters. The van der Waals surface area contributed by atoms with Gasteiger partial charge in [-0.15, -0.1) is 0 Å². The number of para-hydroxylation sites is 2. The van der Waals surface area contributed by atoms with Crippen molar-refractivity contribution >= 4 is 11.0 Å². The van der Waals surface area contributed by atoms with Crippen LogP contribution in [0.1, 0.15) is 5.56 Å². The number of imidazole rings is 1. The molecule has 0 aliphatic carbocycles. The molecule has 4 heteroatoms. The Balaban J connectivity index is 1.75. The Morgan fingerprint density at radius 1 is 1.00 bits per heavy atom. The summed E-state index contributed by atoms with van der Waals surface area (Å²) >= 11 is 0. The Morgan fingerprint density at radius 3 is 2.62 bits per heavy atom. The minimum absolute atomic E-state index is 0.710. The molecule has 0 fully saturated rings. The zero-order valence-corrected chi connectivity index (χ0v) is 11.5. The molecule has 1 N–H and O–H groups in total. The van der Waals surface area contributed by atoms with E-state index in [0.717, 1.165) is 28.2 Å². The van der Waals surface area contributed by atoms with Gasteiger partial charge in [-0.25, -0.2) is 4.98 Å². The molecular weight excluding hydrogens is 262 g/mol. The average molecular weight is 275 g/mol. The summed E-state index contributed by atoms with van der Waals surface area (Å²) in [6.45, 7) is 2.06. The third-order valence-corrected chi connectivity index (χ3v) is 3.48. The van der Waals surface area contributed by atoms with Crippen LogP contribution in [0.5, 0.6) is 0 Å². The second kappa shape index (κ2) is 4.59. The number of hydrogen-bond acceptors (Lipinski definition) is 3. The molecule has 0 aliphatic heterocycles.